The van der Waals surface area contributed by atoms with E-state index in [0.29, 0.717) is 5.92 Å². The molecule has 4 heteroatoms. The highest BCUT2D eigenvalue weighted by Crippen LogP contribution is 2.29. The monoisotopic (exact) mass is 348 g/mol. The van der Waals surface area contributed by atoms with Gasteiger partial charge >= 0.3 is 6.09 Å². The van der Waals surface area contributed by atoms with E-state index in [-0.39, 0.29) is 12.2 Å². The van der Waals surface area contributed by atoms with Gasteiger partial charge in [0.25, 0.3) is 0 Å². The summed E-state index contributed by atoms with van der Waals surface area (Å²) in [5, 5.41) is 2.87. The minimum absolute atomic E-state index is 0.0265. The van der Waals surface area contributed by atoms with Gasteiger partial charge in [-0.1, -0.05) is 54.6 Å². The van der Waals surface area contributed by atoms with Crippen molar-refractivity contribution in [2.24, 2.45) is 5.92 Å². The third-order valence-electron chi connectivity index (χ3n) is 5.26. The first-order valence-corrected chi connectivity index (χ1v) is 9.29. The number of piperidine rings is 3. The second kappa shape index (κ2) is 7.75. The van der Waals surface area contributed by atoms with Crippen LogP contribution in [-0.2, 0) is 4.74 Å². The summed E-state index contributed by atoms with van der Waals surface area (Å²) in [7, 11) is 0. The van der Waals surface area contributed by atoms with E-state index in [1.165, 1.54) is 0 Å². The highest BCUT2D eigenvalue weighted by Gasteiger charge is 2.36. The molecule has 1 amide bonds. The summed E-state index contributed by atoms with van der Waals surface area (Å²) in [6.07, 6.45) is 6.05. The van der Waals surface area contributed by atoms with Crippen LogP contribution in [0.3, 0.4) is 0 Å². The van der Waals surface area contributed by atoms with Crippen LogP contribution < -0.4 is 5.32 Å². The fourth-order valence-corrected chi connectivity index (χ4v) is 3.81. The molecule has 2 aromatic rings. The number of nitrogens with one attached hydrogen (secondary N) is 1. The van der Waals surface area contributed by atoms with Gasteiger partial charge in [-0.3, -0.25) is 10.2 Å². The van der Waals surface area contributed by atoms with E-state index in [2.05, 4.69) is 28.4 Å². The Morgan fingerprint density at radius 3 is 2.46 bits per heavy atom. The summed E-state index contributed by atoms with van der Waals surface area (Å²) >= 11 is 0. The molecule has 0 saturated carbocycles. The molecule has 134 valence electrons. The maximum Gasteiger partial charge on any atom is 0.411 e. The first-order valence-electron chi connectivity index (χ1n) is 9.29. The van der Waals surface area contributed by atoms with Crippen LogP contribution >= 0.6 is 0 Å². The minimum atomic E-state index is -0.354. The number of benzene rings is 2. The predicted molar refractivity (Wildman–Crippen MR) is 105 cm³/mol. The van der Waals surface area contributed by atoms with Gasteiger partial charge in [-0.05, 0) is 55.1 Å². The molecule has 1 atom stereocenters. The molecule has 3 aliphatic rings. The number of hydrogen-bond donors (Lipinski definition) is 1. The van der Waals surface area contributed by atoms with Gasteiger partial charge in [0.1, 0.15) is 6.10 Å². The van der Waals surface area contributed by atoms with Crippen molar-refractivity contribution < 1.29 is 9.53 Å². The van der Waals surface area contributed by atoms with Crippen LogP contribution in [0.15, 0.2) is 54.6 Å². The Labute approximate surface area is 154 Å². The fourth-order valence-electron chi connectivity index (χ4n) is 3.81. The van der Waals surface area contributed by atoms with Crippen LogP contribution in [-0.4, -0.2) is 36.7 Å². The number of carbonyl (C=O) groups is 1. The number of ether oxygens (including phenoxy) is 1. The first-order chi connectivity index (χ1) is 12.8. The molecular weight excluding hydrogens is 324 g/mol. The first kappa shape index (κ1) is 16.9. The highest BCUT2D eigenvalue weighted by molar-refractivity contribution is 5.85. The van der Waals surface area contributed by atoms with Gasteiger partial charge in [0.2, 0.25) is 0 Å². The van der Waals surface area contributed by atoms with E-state index in [4.69, 9.17) is 4.74 Å². The zero-order chi connectivity index (χ0) is 17.8. The van der Waals surface area contributed by atoms with Crippen molar-refractivity contribution in [3.05, 3.63) is 65.7 Å². The quantitative estimate of drug-likeness (QED) is 0.827. The highest BCUT2D eigenvalue weighted by atomic mass is 16.6. The van der Waals surface area contributed by atoms with Crippen LogP contribution in [0.25, 0.3) is 12.2 Å². The maximum absolute atomic E-state index is 12.3. The molecule has 1 N–H and O–H groups in total. The van der Waals surface area contributed by atoms with E-state index in [1.807, 2.05) is 48.5 Å². The van der Waals surface area contributed by atoms with Crippen molar-refractivity contribution in [2.45, 2.75) is 18.9 Å². The van der Waals surface area contributed by atoms with Gasteiger partial charge < -0.3 is 4.74 Å². The average molecular weight is 348 g/mol. The number of rotatable bonds is 4. The molecule has 26 heavy (non-hydrogen) atoms. The van der Waals surface area contributed by atoms with Crippen LogP contribution in [0.2, 0.25) is 0 Å². The smallest absolute Gasteiger partial charge is 0.411 e. The lowest BCUT2D eigenvalue weighted by atomic mass is 9.86. The molecule has 0 aliphatic carbocycles. The lowest BCUT2D eigenvalue weighted by Crippen LogP contribution is -2.52. The molecule has 1 unspecified atom stereocenters. The minimum Gasteiger partial charge on any atom is -0.444 e. The fraction of sp³-hybridized carbons (Fsp3) is 0.318. The maximum atomic E-state index is 12.3. The molecule has 0 spiro atoms. The summed E-state index contributed by atoms with van der Waals surface area (Å²) in [6, 6.07) is 18.0. The molecule has 0 aromatic heterocycles. The van der Waals surface area contributed by atoms with E-state index in [9.17, 15) is 4.79 Å². The normalized spacial score (nSPS) is 24.5. The molecule has 2 bridgehead atoms. The zero-order valence-corrected chi connectivity index (χ0v) is 14.8. The van der Waals surface area contributed by atoms with Gasteiger partial charge in [0.15, 0.2) is 0 Å². The van der Waals surface area contributed by atoms with Gasteiger partial charge in [0, 0.05) is 12.2 Å². The summed E-state index contributed by atoms with van der Waals surface area (Å²) in [5.41, 5.74) is 2.94. The van der Waals surface area contributed by atoms with Crippen LogP contribution in [0, 0.1) is 5.92 Å². The van der Waals surface area contributed by atoms with Crippen molar-refractivity contribution in [1.82, 2.24) is 4.90 Å². The van der Waals surface area contributed by atoms with E-state index >= 15 is 0 Å². The second-order valence-electron chi connectivity index (χ2n) is 7.08. The molecule has 2 aromatic carbocycles. The van der Waals surface area contributed by atoms with Gasteiger partial charge in [-0.25, -0.2) is 4.79 Å². The Balaban J connectivity index is 1.36. The van der Waals surface area contributed by atoms with Crippen molar-refractivity contribution in [2.75, 3.05) is 25.0 Å². The Hall–Kier alpha value is -2.59. The van der Waals surface area contributed by atoms with Crippen LogP contribution in [0.4, 0.5) is 10.5 Å². The number of amides is 1. The Kier molecular flexibility index (Phi) is 5.02. The number of hydrogen-bond acceptors (Lipinski definition) is 3. The van der Waals surface area contributed by atoms with Gasteiger partial charge in [-0.2, -0.15) is 0 Å². The molecule has 3 aliphatic heterocycles. The molecule has 5 rings (SSSR count). The standard InChI is InChI=1S/C22H24N2O2/c25-22(26-21-16-24-13-11-19(21)12-14-24)23-20-8-4-7-18(15-20)10-9-17-5-2-1-3-6-17/h1-10,15,19,21H,11-14,16H2,(H,23,25)/b10-9+. The van der Waals surface area contributed by atoms with E-state index in [1.54, 1.807) is 0 Å². The largest absolute Gasteiger partial charge is 0.444 e. The molecule has 0 radical (unpaired) electrons. The summed E-state index contributed by atoms with van der Waals surface area (Å²) in [6.45, 7) is 3.15. The average Bonchev–Trinajstić information content (AvgIpc) is 2.68. The topological polar surface area (TPSA) is 41.6 Å². The van der Waals surface area contributed by atoms with Crippen LogP contribution in [0.5, 0.6) is 0 Å². The Morgan fingerprint density at radius 2 is 1.73 bits per heavy atom. The number of nitrogens with zero attached hydrogens (tertiary/aromatic N) is 1. The Morgan fingerprint density at radius 1 is 1.00 bits per heavy atom. The van der Waals surface area contributed by atoms with Crippen molar-refractivity contribution in [3.8, 4) is 0 Å². The van der Waals surface area contributed by atoms with Crippen LogP contribution in [0.1, 0.15) is 24.0 Å². The predicted octanol–water partition coefficient (Wildman–Crippen LogP) is 4.50. The molecule has 3 heterocycles. The van der Waals surface area contributed by atoms with Crippen molar-refractivity contribution >= 4 is 23.9 Å². The summed E-state index contributed by atoms with van der Waals surface area (Å²) < 4.78 is 5.69. The van der Waals surface area contributed by atoms with Crippen molar-refractivity contribution in [3.63, 3.8) is 0 Å². The van der Waals surface area contributed by atoms with Gasteiger partial charge in [0.05, 0.1) is 0 Å². The second-order valence-corrected chi connectivity index (χ2v) is 7.08. The number of carbonyl (C=O) groups excluding carboxylic acids is 1. The summed E-state index contributed by atoms with van der Waals surface area (Å²) in [5.74, 6) is 0.519. The molecule has 3 fully saturated rings. The van der Waals surface area contributed by atoms with E-state index < -0.39 is 0 Å². The van der Waals surface area contributed by atoms with E-state index in [0.717, 1.165) is 49.3 Å². The SMILES string of the molecule is O=C(Nc1cccc(/C=C/c2ccccc2)c1)OC1CN2CCC1CC2. The third-order valence-corrected chi connectivity index (χ3v) is 5.26. The third kappa shape index (κ3) is 4.14. The Bertz CT molecular complexity index is 780. The summed E-state index contributed by atoms with van der Waals surface area (Å²) in [4.78, 5) is 14.7. The number of fused-ring (bicyclic) bond motifs is 3. The molecule has 4 nitrogen and oxygen atoms in total. The lowest BCUT2D eigenvalue weighted by Gasteiger charge is -2.43. The lowest BCUT2D eigenvalue weighted by molar-refractivity contribution is -0.0289. The molecular formula is C22H24N2O2. The molecule has 3 saturated heterocycles. The van der Waals surface area contributed by atoms with Gasteiger partial charge in [-0.15, -0.1) is 0 Å². The van der Waals surface area contributed by atoms with Crippen molar-refractivity contribution in [1.29, 1.82) is 0 Å². The number of anilines is 1. The zero-order valence-electron chi connectivity index (χ0n) is 14.8.